The van der Waals surface area contributed by atoms with E-state index >= 15 is 0 Å². The van der Waals surface area contributed by atoms with E-state index in [-0.39, 0.29) is 18.4 Å². The van der Waals surface area contributed by atoms with Gasteiger partial charge in [0.05, 0.1) is 7.11 Å². The van der Waals surface area contributed by atoms with Gasteiger partial charge >= 0.3 is 5.97 Å². The third-order valence-corrected chi connectivity index (χ3v) is 4.60. The number of hydrogen-bond donors (Lipinski definition) is 2. The van der Waals surface area contributed by atoms with Crippen molar-refractivity contribution in [1.82, 2.24) is 5.32 Å². The maximum Gasteiger partial charge on any atom is 0.308 e. The van der Waals surface area contributed by atoms with E-state index in [9.17, 15) is 14.4 Å². The molecule has 3 aromatic rings. The largest absolute Gasteiger partial charge is 0.497 e. The summed E-state index contributed by atoms with van der Waals surface area (Å²) in [5.41, 5.74) is 2.49. The first kappa shape index (κ1) is 23.3. The van der Waals surface area contributed by atoms with Crippen molar-refractivity contribution < 1.29 is 23.9 Å². The monoisotopic (exact) mass is 444 g/mol. The Morgan fingerprint density at radius 1 is 0.909 bits per heavy atom. The molecule has 33 heavy (non-hydrogen) atoms. The first-order chi connectivity index (χ1) is 15.9. The van der Waals surface area contributed by atoms with Gasteiger partial charge in [-0.05, 0) is 53.6 Å². The summed E-state index contributed by atoms with van der Waals surface area (Å²) in [6.07, 6.45) is 3.14. The quantitative estimate of drug-likeness (QED) is 0.309. The molecule has 0 radical (unpaired) electrons. The topological polar surface area (TPSA) is 93.7 Å². The minimum Gasteiger partial charge on any atom is -0.497 e. The van der Waals surface area contributed by atoms with E-state index in [0.29, 0.717) is 22.7 Å². The number of esters is 1. The lowest BCUT2D eigenvalue weighted by Crippen LogP contribution is -2.22. The summed E-state index contributed by atoms with van der Waals surface area (Å²) >= 11 is 0. The summed E-state index contributed by atoms with van der Waals surface area (Å²) in [7, 11) is 1.59. The van der Waals surface area contributed by atoms with Crippen LogP contribution in [0.15, 0.2) is 78.9 Å². The lowest BCUT2D eigenvalue weighted by Gasteiger charge is -2.12. The van der Waals surface area contributed by atoms with E-state index in [4.69, 9.17) is 9.47 Å². The molecule has 7 nitrogen and oxygen atoms in total. The number of amides is 2. The summed E-state index contributed by atoms with van der Waals surface area (Å²) in [6, 6.07) is 20.9. The average molecular weight is 444 g/mol. The zero-order valence-corrected chi connectivity index (χ0v) is 18.3. The minimum absolute atomic E-state index is 0.227. The molecule has 0 aromatic heterocycles. The molecule has 0 saturated carbocycles. The van der Waals surface area contributed by atoms with Crippen molar-refractivity contribution in [3.8, 4) is 11.5 Å². The maximum atomic E-state index is 12.7. The lowest BCUT2D eigenvalue weighted by atomic mass is 10.1. The molecule has 0 saturated heterocycles. The summed E-state index contributed by atoms with van der Waals surface area (Å²) < 4.78 is 10.2. The fourth-order valence-electron chi connectivity index (χ4n) is 3.02. The Bertz CT molecular complexity index is 1190. The molecule has 168 valence electrons. The maximum absolute atomic E-state index is 12.7. The van der Waals surface area contributed by atoms with Crippen LogP contribution < -0.4 is 20.1 Å². The van der Waals surface area contributed by atoms with Crippen molar-refractivity contribution >= 4 is 29.5 Å². The molecule has 7 heteroatoms. The van der Waals surface area contributed by atoms with Gasteiger partial charge in [-0.15, -0.1) is 0 Å². The summed E-state index contributed by atoms with van der Waals surface area (Å²) in [4.78, 5) is 36.1. The van der Waals surface area contributed by atoms with Crippen LogP contribution in [0.5, 0.6) is 11.5 Å². The first-order valence-electron chi connectivity index (χ1n) is 10.2. The zero-order chi connectivity index (χ0) is 23.6. The number of anilines is 1. The van der Waals surface area contributed by atoms with Gasteiger partial charge in [-0.1, -0.05) is 36.4 Å². The second-order valence-corrected chi connectivity index (χ2v) is 7.06. The smallest absolute Gasteiger partial charge is 0.308 e. The van der Waals surface area contributed by atoms with E-state index in [1.807, 2.05) is 36.4 Å². The summed E-state index contributed by atoms with van der Waals surface area (Å²) in [6.45, 7) is 1.52. The average Bonchev–Trinajstić information content (AvgIpc) is 2.82. The minimum atomic E-state index is -0.464. The van der Waals surface area contributed by atoms with Gasteiger partial charge in [-0.25, -0.2) is 0 Å². The first-order valence-corrected chi connectivity index (χ1v) is 10.2. The third kappa shape index (κ3) is 7.07. The van der Waals surface area contributed by atoms with Crippen LogP contribution in [0, 0.1) is 0 Å². The molecule has 3 rings (SSSR count). The molecule has 3 aromatic carbocycles. The molecule has 0 atom stereocenters. The van der Waals surface area contributed by atoms with E-state index < -0.39 is 5.97 Å². The second-order valence-electron chi connectivity index (χ2n) is 7.06. The number of carbonyl (C=O) groups is 3. The molecule has 0 heterocycles. The lowest BCUT2D eigenvalue weighted by molar-refractivity contribution is -0.131. The second kappa shape index (κ2) is 11.3. The van der Waals surface area contributed by atoms with Crippen LogP contribution in [0.4, 0.5) is 5.69 Å². The van der Waals surface area contributed by atoms with Crippen molar-refractivity contribution in [3.05, 3.63) is 95.6 Å². The van der Waals surface area contributed by atoms with Gasteiger partial charge in [0.15, 0.2) is 0 Å². The Kier molecular flexibility index (Phi) is 7.96. The third-order valence-electron chi connectivity index (χ3n) is 4.60. The van der Waals surface area contributed by atoms with Crippen LogP contribution >= 0.6 is 0 Å². The van der Waals surface area contributed by atoms with E-state index in [0.717, 1.165) is 11.1 Å². The highest BCUT2D eigenvalue weighted by molar-refractivity contribution is 6.05. The molecule has 0 aliphatic carbocycles. The van der Waals surface area contributed by atoms with E-state index in [1.54, 1.807) is 43.5 Å². The van der Waals surface area contributed by atoms with Crippen LogP contribution in [0.2, 0.25) is 0 Å². The van der Waals surface area contributed by atoms with Gasteiger partial charge in [0.25, 0.3) is 5.91 Å². The molecular formula is C26H24N2O5. The van der Waals surface area contributed by atoms with E-state index in [2.05, 4.69) is 10.6 Å². The Balaban J connectivity index is 1.63. The van der Waals surface area contributed by atoms with Gasteiger partial charge in [-0.2, -0.15) is 0 Å². The number of rotatable bonds is 8. The molecule has 0 aliphatic rings. The van der Waals surface area contributed by atoms with Crippen LogP contribution in [0.1, 0.15) is 28.4 Å². The highest BCUT2D eigenvalue weighted by Crippen LogP contribution is 2.19. The Morgan fingerprint density at radius 2 is 1.67 bits per heavy atom. The Morgan fingerprint density at radius 3 is 2.45 bits per heavy atom. The van der Waals surface area contributed by atoms with Gasteiger partial charge in [0.1, 0.15) is 11.5 Å². The van der Waals surface area contributed by atoms with Crippen molar-refractivity contribution in [3.63, 3.8) is 0 Å². The molecule has 2 N–H and O–H groups in total. The SMILES string of the molecule is COc1cccc(/C=C/C(=O)NCc2ccccc2NC(=O)c2cccc(OC(C)=O)c2)c1. The fraction of sp³-hybridized carbons (Fsp3) is 0.115. The highest BCUT2D eigenvalue weighted by Gasteiger charge is 2.11. The fourth-order valence-corrected chi connectivity index (χ4v) is 3.02. The van der Waals surface area contributed by atoms with Crippen molar-refractivity contribution in [2.75, 3.05) is 12.4 Å². The number of hydrogen-bond acceptors (Lipinski definition) is 5. The normalized spacial score (nSPS) is 10.5. The number of ether oxygens (including phenoxy) is 2. The van der Waals surface area contributed by atoms with Crippen LogP contribution in [0.25, 0.3) is 6.08 Å². The van der Waals surface area contributed by atoms with Crippen LogP contribution in [0.3, 0.4) is 0 Å². The zero-order valence-electron chi connectivity index (χ0n) is 18.3. The molecule has 0 unspecified atom stereocenters. The molecular weight excluding hydrogens is 420 g/mol. The van der Waals surface area contributed by atoms with Gasteiger partial charge in [0.2, 0.25) is 5.91 Å². The van der Waals surface area contributed by atoms with Crippen molar-refractivity contribution in [2.45, 2.75) is 13.5 Å². The predicted molar refractivity (Wildman–Crippen MR) is 126 cm³/mol. The van der Waals surface area contributed by atoms with Gasteiger partial charge in [-0.3, -0.25) is 14.4 Å². The Hall–Kier alpha value is -4.39. The van der Waals surface area contributed by atoms with Gasteiger partial charge in [0, 0.05) is 30.8 Å². The molecule has 0 aliphatic heterocycles. The van der Waals surface area contributed by atoms with Crippen molar-refractivity contribution in [1.29, 1.82) is 0 Å². The number of benzene rings is 3. The Labute approximate surface area is 192 Å². The summed E-state index contributed by atoms with van der Waals surface area (Å²) in [5.74, 6) is -0.0954. The number of carbonyl (C=O) groups excluding carboxylic acids is 3. The number of para-hydroxylation sites is 1. The molecule has 0 bridgehead atoms. The molecule has 0 spiro atoms. The number of methoxy groups -OCH3 is 1. The van der Waals surface area contributed by atoms with Crippen molar-refractivity contribution in [2.24, 2.45) is 0 Å². The van der Waals surface area contributed by atoms with E-state index in [1.165, 1.54) is 19.1 Å². The highest BCUT2D eigenvalue weighted by atomic mass is 16.5. The van der Waals surface area contributed by atoms with Crippen LogP contribution in [-0.4, -0.2) is 24.9 Å². The van der Waals surface area contributed by atoms with Gasteiger partial charge < -0.3 is 20.1 Å². The summed E-state index contributed by atoms with van der Waals surface area (Å²) in [5, 5.41) is 5.66. The molecule has 2 amide bonds. The standard InChI is InChI=1S/C26H24N2O5/c1-18(29)33-23-11-6-9-20(16-23)26(31)28-24-12-4-3-8-21(24)17-27-25(30)14-13-19-7-5-10-22(15-19)32-2/h3-16H,17H2,1-2H3,(H,27,30)(H,28,31)/b14-13+. The predicted octanol–water partition coefficient (Wildman–Crippen LogP) is 4.20. The molecule has 0 fully saturated rings. The van der Waals surface area contributed by atoms with Crippen LogP contribution in [-0.2, 0) is 16.1 Å². The number of nitrogens with one attached hydrogen (secondary N) is 2.